The highest BCUT2D eigenvalue weighted by atomic mass is 19.1. The summed E-state index contributed by atoms with van der Waals surface area (Å²) in [6.45, 7) is 3.30. The molecule has 5 nitrogen and oxygen atoms in total. The summed E-state index contributed by atoms with van der Waals surface area (Å²) in [5.74, 6) is 0.810. The second-order valence-electron chi connectivity index (χ2n) is 4.39. The van der Waals surface area contributed by atoms with E-state index < -0.39 is 0 Å². The summed E-state index contributed by atoms with van der Waals surface area (Å²) in [6, 6.07) is 6.61. The number of hydrogen-bond donors (Lipinski definition) is 2. The first-order valence-electron chi connectivity index (χ1n) is 6.70. The van der Waals surface area contributed by atoms with E-state index in [9.17, 15) is 4.39 Å². The van der Waals surface area contributed by atoms with Crippen molar-refractivity contribution in [3.63, 3.8) is 0 Å². The zero-order valence-electron chi connectivity index (χ0n) is 11.4. The number of hydrogen-bond acceptors (Lipinski definition) is 5. The second-order valence-corrected chi connectivity index (χ2v) is 4.39. The smallest absolute Gasteiger partial charge is 0.244 e. The van der Waals surface area contributed by atoms with E-state index in [1.807, 2.05) is 0 Å². The average molecular weight is 275 g/mol. The van der Waals surface area contributed by atoms with Crippen LogP contribution in [0, 0.1) is 5.82 Å². The Bertz CT molecular complexity index is 547. The van der Waals surface area contributed by atoms with Gasteiger partial charge in [0.05, 0.1) is 6.20 Å². The van der Waals surface area contributed by atoms with Gasteiger partial charge < -0.3 is 10.6 Å². The van der Waals surface area contributed by atoms with Crippen LogP contribution in [0.2, 0.25) is 0 Å². The molecular weight excluding hydrogens is 257 g/mol. The highest BCUT2D eigenvalue weighted by Crippen LogP contribution is 2.09. The van der Waals surface area contributed by atoms with Crippen LogP contribution in [0.4, 0.5) is 16.2 Å². The van der Waals surface area contributed by atoms with Crippen molar-refractivity contribution in [2.45, 2.75) is 26.3 Å². The van der Waals surface area contributed by atoms with E-state index in [2.05, 4.69) is 32.7 Å². The van der Waals surface area contributed by atoms with Crippen molar-refractivity contribution in [3.8, 4) is 0 Å². The predicted octanol–water partition coefficient (Wildman–Crippen LogP) is 2.83. The fourth-order valence-corrected chi connectivity index (χ4v) is 1.67. The number of nitrogens with one attached hydrogen (secondary N) is 2. The van der Waals surface area contributed by atoms with Gasteiger partial charge in [-0.15, -0.1) is 5.10 Å². The molecule has 0 aliphatic rings. The quantitative estimate of drug-likeness (QED) is 0.761. The lowest BCUT2D eigenvalue weighted by Crippen LogP contribution is -2.09. The maximum Gasteiger partial charge on any atom is 0.244 e. The number of unbranched alkanes of at least 4 members (excludes halogenated alkanes) is 1. The number of halogens is 1. The fourth-order valence-electron chi connectivity index (χ4n) is 1.67. The second kappa shape index (κ2) is 7.37. The zero-order valence-corrected chi connectivity index (χ0v) is 11.4. The van der Waals surface area contributed by atoms with Crippen molar-refractivity contribution in [2.24, 2.45) is 0 Å². The van der Waals surface area contributed by atoms with Crippen LogP contribution in [-0.4, -0.2) is 21.7 Å². The summed E-state index contributed by atoms with van der Waals surface area (Å²) in [5.41, 5.74) is 0.570. The maximum atomic E-state index is 13.5. The van der Waals surface area contributed by atoms with Crippen LogP contribution in [0.3, 0.4) is 0 Å². The van der Waals surface area contributed by atoms with E-state index in [0.717, 1.165) is 19.4 Å². The van der Waals surface area contributed by atoms with Gasteiger partial charge in [0, 0.05) is 18.7 Å². The lowest BCUT2D eigenvalue weighted by molar-refractivity contribution is 0.612. The molecule has 6 heteroatoms. The summed E-state index contributed by atoms with van der Waals surface area (Å²) in [6.07, 6.45) is 3.76. The minimum atomic E-state index is -0.245. The van der Waals surface area contributed by atoms with Gasteiger partial charge in [-0.2, -0.15) is 10.1 Å². The largest absolute Gasteiger partial charge is 0.369 e. The van der Waals surface area contributed by atoms with Crippen molar-refractivity contribution < 1.29 is 4.39 Å². The SMILES string of the molecule is CCCCNc1cnnc(NCc2ccccc2F)n1. The molecule has 0 amide bonds. The first-order valence-corrected chi connectivity index (χ1v) is 6.70. The molecule has 0 bridgehead atoms. The molecule has 20 heavy (non-hydrogen) atoms. The Morgan fingerprint density at radius 1 is 1.20 bits per heavy atom. The Morgan fingerprint density at radius 3 is 2.85 bits per heavy atom. The van der Waals surface area contributed by atoms with Gasteiger partial charge >= 0.3 is 0 Å². The molecule has 0 aliphatic carbocycles. The van der Waals surface area contributed by atoms with Crippen molar-refractivity contribution in [3.05, 3.63) is 41.8 Å². The molecule has 106 valence electrons. The van der Waals surface area contributed by atoms with Gasteiger partial charge in [0.2, 0.25) is 5.95 Å². The van der Waals surface area contributed by atoms with Crippen LogP contribution >= 0.6 is 0 Å². The zero-order chi connectivity index (χ0) is 14.2. The summed E-state index contributed by atoms with van der Waals surface area (Å²) in [5, 5.41) is 13.9. The van der Waals surface area contributed by atoms with Crippen LogP contribution in [0.15, 0.2) is 30.5 Å². The van der Waals surface area contributed by atoms with E-state index in [0.29, 0.717) is 23.9 Å². The molecule has 0 fully saturated rings. The van der Waals surface area contributed by atoms with Gasteiger partial charge in [-0.25, -0.2) is 4.39 Å². The van der Waals surface area contributed by atoms with Gasteiger partial charge in [-0.05, 0) is 12.5 Å². The first kappa shape index (κ1) is 14.2. The Balaban J connectivity index is 1.93. The highest BCUT2D eigenvalue weighted by molar-refractivity contribution is 5.37. The van der Waals surface area contributed by atoms with Crippen molar-refractivity contribution in [1.29, 1.82) is 0 Å². The molecule has 1 heterocycles. The number of aromatic nitrogens is 3. The predicted molar refractivity (Wildman–Crippen MR) is 77.0 cm³/mol. The lowest BCUT2D eigenvalue weighted by Gasteiger charge is -2.07. The molecule has 1 aromatic carbocycles. The van der Waals surface area contributed by atoms with Gasteiger partial charge in [0.15, 0.2) is 0 Å². The molecule has 2 rings (SSSR count). The summed E-state index contributed by atoms with van der Waals surface area (Å²) >= 11 is 0. The molecule has 1 aromatic heterocycles. The van der Waals surface area contributed by atoms with E-state index in [4.69, 9.17) is 0 Å². The fraction of sp³-hybridized carbons (Fsp3) is 0.357. The average Bonchev–Trinajstić information content (AvgIpc) is 2.47. The summed E-state index contributed by atoms with van der Waals surface area (Å²) in [4.78, 5) is 4.27. The van der Waals surface area contributed by atoms with Crippen LogP contribution < -0.4 is 10.6 Å². The molecule has 0 radical (unpaired) electrons. The monoisotopic (exact) mass is 275 g/mol. The summed E-state index contributed by atoms with van der Waals surface area (Å²) in [7, 11) is 0. The van der Waals surface area contributed by atoms with Crippen molar-refractivity contribution in [1.82, 2.24) is 15.2 Å². The standard InChI is InChI=1S/C14H18FN5/c1-2-3-8-16-13-10-18-20-14(19-13)17-9-11-6-4-5-7-12(11)15/h4-7,10H,2-3,8-9H2,1H3,(H2,16,17,19,20). The topological polar surface area (TPSA) is 62.7 Å². The highest BCUT2D eigenvalue weighted by Gasteiger charge is 2.03. The van der Waals surface area contributed by atoms with Crippen LogP contribution in [-0.2, 0) is 6.54 Å². The minimum absolute atomic E-state index is 0.245. The van der Waals surface area contributed by atoms with E-state index >= 15 is 0 Å². The number of nitrogens with zero attached hydrogens (tertiary/aromatic N) is 3. The van der Waals surface area contributed by atoms with Gasteiger partial charge in [0.1, 0.15) is 11.6 Å². The third kappa shape index (κ3) is 4.15. The minimum Gasteiger partial charge on any atom is -0.369 e. The molecule has 0 atom stereocenters. The number of rotatable bonds is 7. The molecule has 0 spiro atoms. The lowest BCUT2D eigenvalue weighted by atomic mass is 10.2. The molecule has 0 unspecified atom stereocenters. The molecule has 2 N–H and O–H groups in total. The molecule has 0 aliphatic heterocycles. The maximum absolute atomic E-state index is 13.5. The van der Waals surface area contributed by atoms with Crippen molar-refractivity contribution >= 4 is 11.8 Å². The van der Waals surface area contributed by atoms with Crippen molar-refractivity contribution in [2.75, 3.05) is 17.2 Å². The van der Waals surface area contributed by atoms with Crippen LogP contribution in [0.5, 0.6) is 0 Å². The number of anilines is 2. The molecule has 0 saturated heterocycles. The van der Waals surface area contributed by atoms with E-state index in [1.54, 1.807) is 24.4 Å². The van der Waals surface area contributed by atoms with Crippen LogP contribution in [0.25, 0.3) is 0 Å². The normalized spacial score (nSPS) is 10.3. The molecule has 2 aromatic rings. The van der Waals surface area contributed by atoms with Crippen LogP contribution in [0.1, 0.15) is 25.3 Å². The third-order valence-corrected chi connectivity index (χ3v) is 2.79. The Hall–Kier alpha value is -2.24. The van der Waals surface area contributed by atoms with E-state index in [-0.39, 0.29) is 5.82 Å². The Kier molecular flexibility index (Phi) is 5.23. The summed E-state index contributed by atoms with van der Waals surface area (Å²) < 4.78 is 13.5. The molecular formula is C14H18FN5. The Morgan fingerprint density at radius 2 is 2.05 bits per heavy atom. The number of benzene rings is 1. The Labute approximate surface area is 117 Å². The third-order valence-electron chi connectivity index (χ3n) is 2.79. The van der Waals surface area contributed by atoms with Gasteiger partial charge in [-0.3, -0.25) is 0 Å². The molecule has 0 saturated carbocycles. The van der Waals surface area contributed by atoms with Gasteiger partial charge in [0.25, 0.3) is 0 Å². The first-order chi connectivity index (χ1) is 9.79. The van der Waals surface area contributed by atoms with Gasteiger partial charge in [-0.1, -0.05) is 31.5 Å². The van der Waals surface area contributed by atoms with E-state index in [1.165, 1.54) is 6.07 Å².